The van der Waals surface area contributed by atoms with Crippen molar-refractivity contribution in [2.24, 2.45) is 11.8 Å². The fraction of sp³-hybridized carbons (Fsp3) is 0.533. The molecule has 1 amide bonds. The fourth-order valence-electron chi connectivity index (χ4n) is 2.85. The average Bonchev–Trinajstić information content (AvgIpc) is 2.35. The highest BCUT2D eigenvalue weighted by Crippen LogP contribution is 2.29. The number of amides is 1. The first-order valence-electron chi connectivity index (χ1n) is 6.83. The lowest BCUT2D eigenvalue weighted by Gasteiger charge is -2.33. The Balaban J connectivity index is 2.06. The van der Waals surface area contributed by atoms with Gasteiger partial charge < -0.3 is 11.1 Å². The van der Waals surface area contributed by atoms with Crippen molar-refractivity contribution in [3.8, 4) is 0 Å². The average molecular weight is 264 g/mol. The summed E-state index contributed by atoms with van der Waals surface area (Å²) in [7, 11) is 0. The van der Waals surface area contributed by atoms with Crippen molar-refractivity contribution in [1.82, 2.24) is 5.32 Å². The highest BCUT2D eigenvalue weighted by Gasteiger charge is 2.27. The van der Waals surface area contributed by atoms with E-state index in [2.05, 4.69) is 19.2 Å². The van der Waals surface area contributed by atoms with Crippen LogP contribution >= 0.6 is 0 Å². The smallest absolute Gasteiger partial charge is 0.253 e. The normalized spacial score (nSPS) is 27.0. The van der Waals surface area contributed by atoms with E-state index < -0.39 is 5.82 Å². The number of carbonyl (C=O) groups is 1. The van der Waals surface area contributed by atoms with Crippen LogP contribution in [0.5, 0.6) is 0 Å². The van der Waals surface area contributed by atoms with Crippen molar-refractivity contribution in [3.63, 3.8) is 0 Å². The highest BCUT2D eigenvalue weighted by molar-refractivity contribution is 5.99. The number of benzene rings is 1. The van der Waals surface area contributed by atoms with Crippen molar-refractivity contribution >= 4 is 11.6 Å². The third-order valence-electron chi connectivity index (χ3n) is 4.01. The van der Waals surface area contributed by atoms with Crippen LogP contribution in [-0.2, 0) is 0 Å². The first kappa shape index (κ1) is 13.8. The van der Waals surface area contributed by atoms with Crippen LogP contribution in [0.25, 0.3) is 0 Å². The molecule has 0 aliphatic heterocycles. The van der Waals surface area contributed by atoms with E-state index in [0.717, 1.165) is 19.3 Å². The first-order chi connectivity index (χ1) is 8.97. The number of anilines is 1. The summed E-state index contributed by atoms with van der Waals surface area (Å²) in [5.74, 6) is 0.443. The Hall–Kier alpha value is -1.58. The van der Waals surface area contributed by atoms with Gasteiger partial charge in [-0.25, -0.2) is 4.39 Å². The molecule has 1 fully saturated rings. The maximum Gasteiger partial charge on any atom is 0.253 e. The second kappa shape index (κ2) is 5.59. The third kappa shape index (κ3) is 3.25. The van der Waals surface area contributed by atoms with E-state index in [1.165, 1.54) is 18.2 Å². The van der Waals surface area contributed by atoms with E-state index in [1.54, 1.807) is 0 Å². The van der Waals surface area contributed by atoms with Crippen LogP contribution < -0.4 is 11.1 Å². The minimum Gasteiger partial charge on any atom is -0.398 e. The van der Waals surface area contributed by atoms with Crippen molar-refractivity contribution in [2.75, 3.05) is 5.73 Å². The van der Waals surface area contributed by atoms with Crippen LogP contribution in [0.2, 0.25) is 0 Å². The van der Waals surface area contributed by atoms with E-state index in [0.29, 0.717) is 17.5 Å². The Morgan fingerprint density at radius 1 is 1.37 bits per heavy atom. The summed E-state index contributed by atoms with van der Waals surface area (Å²) in [4.78, 5) is 12.2. The lowest BCUT2D eigenvalue weighted by molar-refractivity contribution is 0.0900. The maximum absolute atomic E-state index is 13.2. The molecule has 19 heavy (non-hydrogen) atoms. The number of rotatable bonds is 2. The fourth-order valence-corrected chi connectivity index (χ4v) is 2.85. The van der Waals surface area contributed by atoms with Gasteiger partial charge in [0.25, 0.3) is 5.91 Å². The van der Waals surface area contributed by atoms with Crippen molar-refractivity contribution in [2.45, 2.75) is 39.2 Å². The number of carbonyl (C=O) groups excluding carboxylic acids is 1. The lowest BCUT2D eigenvalue weighted by Crippen LogP contribution is -2.42. The van der Waals surface area contributed by atoms with E-state index in [1.807, 2.05) is 0 Å². The molecule has 0 heterocycles. The van der Waals surface area contributed by atoms with Crippen LogP contribution in [0.3, 0.4) is 0 Å². The number of nitrogens with two attached hydrogens (primary N) is 1. The molecular weight excluding hydrogens is 243 g/mol. The van der Waals surface area contributed by atoms with Gasteiger partial charge in [0, 0.05) is 11.7 Å². The lowest BCUT2D eigenvalue weighted by atomic mass is 9.80. The van der Waals surface area contributed by atoms with Crippen LogP contribution in [0.4, 0.5) is 10.1 Å². The molecular formula is C15H21FN2O. The number of hydrogen-bond donors (Lipinski definition) is 2. The van der Waals surface area contributed by atoms with E-state index >= 15 is 0 Å². The molecule has 1 aliphatic carbocycles. The van der Waals surface area contributed by atoms with Crippen LogP contribution in [0, 0.1) is 17.7 Å². The summed E-state index contributed by atoms with van der Waals surface area (Å²) in [6.45, 7) is 4.38. The minimum absolute atomic E-state index is 0.159. The van der Waals surface area contributed by atoms with Gasteiger partial charge in [-0.05, 0) is 49.3 Å². The molecule has 1 saturated carbocycles. The zero-order chi connectivity index (χ0) is 14.0. The monoisotopic (exact) mass is 264 g/mol. The third-order valence-corrected chi connectivity index (χ3v) is 4.01. The van der Waals surface area contributed by atoms with Gasteiger partial charge in [0.15, 0.2) is 0 Å². The molecule has 3 N–H and O–H groups in total. The molecule has 0 aromatic heterocycles. The van der Waals surface area contributed by atoms with Gasteiger partial charge in [-0.2, -0.15) is 0 Å². The molecule has 2 rings (SSSR count). The summed E-state index contributed by atoms with van der Waals surface area (Å²) in [5, 5.41) is 2.99. The van der Waals surface area contributed by atoms with Crippen molar-refractivity contribution in [3.05, 3.63) is 29.6 Å². The summed E-state index contributed by atoms with van der Waals surface area (Å²) in [6.07, 6.45) is 3.21. The molecule has 0 spiro atoms. The second-order valence-corrected chi connectivity index (χ2v) is 5.71. The molecule has 0 bridgehead atoms. The van der Waals surface area contributed by atoms with Crippen LogP contribution in [-0.4, -0.2) is 11.9 Å². The maximum atomic E-state index is 13.2. The molecule has 3 nitrogen and oxygen atoms in total. The van der Waals surface area contributed by atoms with E-state index in [-0.39, 0.29) is 17.5 Å². The number of nitrogen functional groups attached to an aromatic ring is 1. The Morgan fingerprint density at radius 3 is 2.79 bits per heavy atom. The molecule has 1 aliphatic rings. The minimum atomic E-state index is -0.440. The van der Waals surface area contributed by atoms with Gasteiger partial charge in [0.05, 0.1) is 5.56 Å². The number of halogens is 1. The molecule has 3 unspecified atom stereocenters. The zero-order valence-corrected chi connectivity index (χ0v) is 11.4. The Kier molecular flexibility index (Phi) is 4.08. The van der Waals surface area contributed by atoms with Gasteiger partial charge in [0.1, 0.15) is 5.82 Å². The van der Waals surface area contributed by atoms with E-state index in [9.17, 15) is 9.18 Å². The molecule has 3 atom stereocenters. The zero-order valence-electron chi connectivity index (χ0n) is 11.4. The molecule has 1 aromatic rings. The molecule has 0 saturated heterocycles. The van der Waals surface area contributed by atoms with Gasteiger partial charge >= 0.3 is 0 Å². The number of nitrogens with one attached hydrogen (secondary N) is 1. The predicted molar refractivity (Wildman–Crippen MR) is 74.2 cm³/mol. The second-order valence-electron chi connectivity index (χ2n) is 5.71. The summed E-state index contributed by atoms with van der Waals surface area (Å²) >= 11 is 0. The van der Waals surface area contributed by atoms with Crippen molar-refractivity contribution in [1.29, 1.82) is 0 Å². The topological polar surface area (TPSA) is 55.1 Å². The summed E-state index contributed by atoms with van der Waals surface area (Å²) in [6, 6.07) is 4.04. The standard InChI is InChI=1S/C15H21FN2O/c1-9-3-6-14(10(2)7-9)18-15(19)12-8-11(16)4-5-13(12)17/h4-5,8-10,14H,3,6-7,17H2,1-2H3,(H,18,19). The molecule has 104 valence electrons. The van der Waals surface area contributed by atoms with Gasteiger partial charge in [-0.15, -0.1) is 0 Å². The van der Waals surface area contributed by atoms with Gasteiger partial charge in [-0.3, -0.25) is 4.79 Å². The molecule has 4 heteroatoms. The van der Waals surface area contributed by atoms with Crippen LogP contribution in [0.15, 0.2) is 18.2 Å². The Morgan fingerprint density at radius 2 is 2.11 bits per heavy atom. The van der Waals surface area contributed by atoms with Crippen molar-refractivity contribution < 1.29 is 9.18 Å². The highest BCUT2D eigenvalue weighted by atomic mass is 19.1. The molecule has 0 radical (unpaired) electrons. The largest absolute Gasteiger partial charge is 0.398 e. The van der Waals surface area contributed by atoms with Crippen LogP contribution in [0.1, 0.15) is 43.5 Å². The van der Waals surface area contributed by atoms with Gasteiger partial charge in [0.2, 0.25) is 0 Å². The van der Waals surface area contributed by atoms with Gasteiger partial charge in [-0.1, -0.05) is 13.8 Å². The number of hydrogen-bond acceptors (Lipinski definition) is 2. The molecule has 1 aromatic carbocycles. The predicted octanol–water partition coefficient (Wildman–Crippen LogP) is 2.96. The first-order valence-corrected chi connectivity index (χ1v) is 6.83. The Labute approximate surface area is 113 Å². The SMILES string of the molecule is CC1CCC(NC(=O)c2cc(F)ccc2N)C(C)C1. The summed E-state index contributed by atoms with van der Waals surface area (Å²) in [5.41, 5.74) is 6.27. The summed E-state index contributed by atoms with van der Waals surface area (Å²) < 4.78 is 13.2. The Bertz CT molecular complexity index is 475. The quantitative estimate of drug-likeness (QED) is 0.807. The van der Waals surface area contributed by atoms with E-state index in [4.69, 9.17) is 5.73 Å².